The highest BCUT2D eigenvalue weighted by molar-refractivity contribution is 6.35. The Bertz CT molecular complexity index is 1120. The number of nitro benzene ring substituents is 1. The number of hydrogen-bond donors (Lipinski definition) is 0. The van der Waals surface area contributed by atoms with E-state index in [0.717, 1.165) is 11.0 Å². The van der Waals surface area contributed by atoms with Crippen molar-refractivity contribution in [2.24, 2.45) is 0 Å². The molecule has 0 bridgehead atoms. The first-order valence-electron chi connectivity index (χ1n) is 8.35. The van der Waals surface area contributed by atoms with Gasteiger partial charge in [-0.05, 0) is 24.3 Å². The van der Waals surface area contributed by atoms with E-state index in [1.54, 1.807) is 42.5 Å². The molecule has 0 spiro atoms. The van der Waals surface area contributed by atoms with E-state index in [4.69, 9.17) is 0 Å². The van der Waals surface area contributed by atoms with Crippen molar-refractivity contribution in [2.75, 3.05) is 4.90 Å². The first-order valence-corrected chi connectivity index (χ1v) is 8.35. The van der Waals surface area contributed by atoms with Gasteiger partial charge in [0.2, 0.25) is 0 Å². The number of benzene rings is 3. The minimum absolute atomic E-state index is 0.0956. The summed E-state index contributed by atoms with van der Waals surface area (Å²) in [5.41, 5.74) is 0.193. The fourth-order valence-electron chi connectivity index (χ4n) is 3.16. The van der Waals surface area contributed by atoms with Crippen molar-refractivity contribution in [3.8, 4) is 0 Å². The molecule has 3 aromatic carbocycles. The predicted octanol–water partition coefficient (Wildman–Crippen LogP) is 3.63. The van der Waals surface area contributed by atoms with Crippen LogP contribution in [0.4, 0.5) is 11.4 Å². The molecule has 0 N–H and O–H groups in total. The summed E-state index contributed by atoms with van der Waals surface area (Å²) < 4.78 is 0. The molecule has 136 valence electrons. The number of nitrogens with zero attached hydrogens (tertiary/aromatic N) is 2. The lowest BCUT2D eigenvalue weighted by molar-refractivity contribution is -0.384. The number of rotatable bonds is 4. The summed E-state index contributed by atoms with van der Waals surface area (Å²) in [5.74, 6) is -1.66. The molecule has 4 rings (SSSR count). The summed E-state index contributed by atoms with van der Waals surface area (Å²) in [6.07, 6.45) is 0. The molecule has 7 nitrogen and oxygen atoms in total. The van der Waals surface area contributed by atoms with Gasteiger partial charge in [-0.2, -0.15) is 0 Å². The van der Waals surface area contributed by atoms with Crippen molar-refractivity contribution >= 4 is 29.0 Å². The lowest BCUT2D eigenvalue weighted by Crippen LogP contribution is -2.30. The largest absolute Gasteiger partial charge is 0.294 e. The molecule has 1 aliphatic rings. The highest BCUT2D eigenvalue weighted by Crippen LogP contribution is 2.35. The number of anilines is 1. The van der Waals surface area contributed by atoms with Crippen molar-refractivity contribution in [1.29, 1.82) is 0 Å². The van der Waals surface area contributed by atoms with E-state index in [1.807, 2.05) is 0 Å². The Hall–Kier alpha value is -4.13. The minimum atomic E-state index is -0.708. The third-order valence-electron chi connectivity index (χ3n) is 4.51. The summed E-state index contributed by atoms with van der Waals surface area (Å²) in [6, 6.07) is 18.3. The third-order valence-corrected chi connectivity index (χ3v) is 4.51. The number of nitro groups is 1. The van der Waals surface area contributed by atoms with Crippen LogP contribution in [0.3, 0.4) is 0 Å². The average Bonchev–Trinajstić information content (AvgIpc) is 2.98. The molecule has 0 atom stereocenters. The van der Waals surface area contributed by atoms with Gasteiger partial charge in [0, 0.05) is 17.2 Å². The molecule has 0 saturated heterocycles. The van der Waals surface area contributed by atoms with Gasteiger partial charge >= 0.3 is 0 Å². The van der Waals surface area contributed by atoms with E-state index in [0.29, 0.717) is 5.56 Å². The van der Waals surface area contributed by atoms with E-state index >= 15 is 0 Å². The SMILES string of the molecule is O=C(c1ccccc1)c1ccc(N2C(=O)c3ccccc3C2=O)c([N+](=O)[O-])c1. The molecule has 0 saturated carbocycles. The van der Waals surface area contributed by atoms with E-state index < -0.39 is 28.2 Å². The van der Waals surface area contributed by atoms with Crippen molar-refractivity contribution in [1.82, 2.24) is 0 Å². The standard InChI is InChI=1S/C21H12N2O5/c24-19(13-6-2-1-3-7-13)14-10-11-17(18(12-14)23(27)28)22-20(25)15-8-4-5-9-16(15)21(22)26/h1-12H. The van der Waals surface area contributed by atoms with Crippen molar-refractivity contribution < 1.29 is 19.3 Å². The molecular weight excluding hydrogens is 360 g/mol. The first kappa shape index (κ1) is 17.3. The first-order chi connectivity index (χ1) is 13.5. The van der Waals surface area contributed by atoms with Crippen LogP contribution in [0.1, 0.15) is 36.6 Å². The fraction of sp³-hybridized carbons (Fsp3) is 0. The summed E-state index contributed by atoms with van der Waals surface area (Å²) >= 11 is 0. The Labute approximate surface area is 159 Å². The Morgan fingerprint density at radius 3 is 1.93 bits per heavy atom. The summed E-state index contributed by atoms with van der Waals surface area (Å²) in [5, 5.41) is 11.6. The number of fused-ring (bicyclic) bond motifs is 1. The second-order valence-corrected chi connectivity index (χ2v) is 6.15. The second-order valence-electron chi connectivity index (χ2n) is 6.15. The van der Waals surface area contributed by atoms with Gasteiger partial charge in [0.1, 0.15) is 5.69 Å². The van der Waals surface area contributed by atoms with Crippen LogP contribution in [0.2, 0.25) is 0 Å². The normalized spacial score (nSPS) is 12.8. The van der Waals surface area contributed by atoms with Gasteiger partial charge in [-0.25, -0.2) is 4.90 Å². The molecule has 0 radical (unpaired) electrons. The van der Waals surface area contributed by atoms with Crippen LogP contribution in [-0.4, -0.2) is 22.5 Å². The Kier molecular flexibility index (Phi) is 4.04. The van der Waals surface area contributed by atoms with Crippen LogP contribution in [0.15, 0.2) is 72.8 Å². The van der Waals surface area contributed by atoms with E-state index in [-0.39, 0.29) is 22.4 Å². The number of carbonyl (C=O) groups is 3. The molecular formula is C21H12N2O5. The Morgan fingerprint density at radius 2 is 1.36 bits per heavy atom. The third kappa shape index (κ3) is 2.66. The van der Waals surface area contributed by atoms with Crippen LogP contribution in [0, 0.1) is 10.1 Å². The topological polar surface area (TPSA) is 97.6 Å². The zero-order valence-corrected chi connectivity index (χ0v) is 14.4. The molecule has 28 heavy (non-hydrogen) atoms. The van der Waals surface area contributed by atoms with Crippen LogP contribution >= 0.6 is 0 Å². The maximum absolute atomic E-state index is 12.6. The highest BCUT2D eigenvalue weighted by Gasteiger charge is 2.39. The second kappa shape index (κ2) is 6.55. The van der Waals surface area contributed by atoms with Crippen LogP contribution in [0.25, 0.3) is 0 Å². The molecule has 1 heterocycles. The van der Waals surface area contributed by atoms with E-state index in [2.05, 4.69) is 0 Å². The van der Waals surface area contributed by atoms with Crippen molar-refractivity contribution in [3.63, 3.8) is 0 Å². The molecule has 7 heteroatoms. The zero-order chi connectivity index (χ0) is 19.8. The van der Waals surface area contributed by atoms with Gasteiger partial charge < -0.3 is 0 Å². The highest BCUT2D eigenvalue weighted by atomic mass is 16.6. The van der Waals surface area contributed by atoms with Gasteiger partial charge in [-0.1, -0.05) is 42.5 Å². The molecule has 0 aromatic heterocycles. The number of amides is 2. The number of imide groups is 1. The molecule has 0 unspecified atom stereocenters. The summed E-state index contributed by atoms with van der Waals surface area (Å²) in [6.45, 7) is 0. The van der Waals surface area contributed by atoms with Gasteiger partial charge in [0.25, 0.3) is 17.5 Å². The maximum Gasteiger partial charge on any atom is 0.294 e. The zero-order valence-electron chi connectivity index (χ0n) is 14.4. The minimum Gasteiger partial charge on any atom is -0.289 e. The van der Waals surface area contributed by atoms with Crippen LogP contribution in [-0.2, 0) is 0 Å². The quantitative estimate of drug-likeness (QED) is 0.301. The number of hydrogen-bond acceptors (Lipinski definition) is 5. The molecule has 1 aliphatic heterocycles. The molecule has 2 amide bonds. The van der Waals surface area contributed by atoms with Crippen molar-refractivity contribution in [2.45, 2.75) is 0 Å². The summed E-state index contributed by atoms with van der Waals surface area (Å²) in [4.78, 5) is 49.6. The van der Waals surface area contributed by atoms with Gasteiger partial charge in [0.05, 0.1) is 16.1 Å². The van der Waals surface area contributed by atoms with Gasteiger partial charge in [-0.15, -0.1) is 0 Å². The summed E-state index contributed by atoms with van der Waals surface area (Å²) in [7, 11) is 0. The predicted molar refractivity (Wildman–Crippen MR) is 101 cm³/mol. The van der Waals surface area contributed by atoms with Gasteiger partial charge in [0.15, 0.2) is 5.78 Å². The number of carbonyl (C=O) groups excluding carboxylic acids is 3. The maximum atomic E-state index is 12.6. The Balaban J connectivity index is 1.79. The average molecular weight is 372 g/mol. The number of ketones is 1. The van der Waals surface area contributed by atoms with Crippen LogP contribution < -0.4 is 4.90 Å². The molecule has 3 aromatic rings. The van der Waals surface area contributed by atoms with Crippen LogP contribution in [0.5, 0.6) is 0 Å². The lowest BCUT2D eigenvalue weighted by atomic mass is 10.0. The monoisotopic (exact) mass is 372 g/mol. The van der Waals surface area contributed by atoms with Gasteiger partial charge in [-0.3, -0.25) is 24.5 Å². The molecule has 0 aliphatic carbocycles. The smallest absolute Gasteiger partial charge is 0.289 e. The van der Waals surface area contributed by atoms with E-state index in [9.17, 15) is 24.5 Å². The Morgan fingerprint density at radius 1 is 0.786 bits per heavy atom. The lowest BCUT2D eigenvalue weighted by Gasteiger charge is -2.14. The molecule has 0 fully saturated rings. The van der Waals surface area contributed by atoms with Crippen molar-refractivity contribution in [3.05, 3.63) is 105 Å². The fourth-order valence-corrected chi connectivity index (χ4v) is 3.16. The van der Waals surface area contributed by atoms with E-state index in [1.165, 1.54) is 24.3 Å².